The van der Waals surface area contributed by atoms with E-state index in [0.717, 1.165) is 31.6 Å². The number of pyridine rings is 1. The average Bonchev–Trinajstić information content (AvgIpc) is 2.38. The number of aromatic nitrogens is 1. The summed E-state index contributed by atoms with van der Waals surface area (Å²) in [6.07, 6.45) is 2.13. The Kier molecular flexibility index (Phi) is 6.58. The molecule has 4 heteroatoms. The number of methoxy groups -OCH3 is 1. The van der Waals surface area contributed by atoms with E-state index in [1.807, 2.05) is 18.2 Å². The average molecular weight is 238 g/mol. The zero-order valence-corrected chi connectivity index (χ0v) is 10.6. The lowest BCUT2D eigenvalue weighted by Crippen LogP contribution is -2.16. The van der Waals surface area contributed by atoms with Crippen molar-refractivity contribution >= 4 is 0 Å². The molecule has 0 fully saturated rings. The molecule has 1 atom stereocenters. The van der Waals surface area contributed by atoms with Crippen molar-refractivity contribution in [1.29, 1.82) is 0 Å². The van der Waals surface area contributed by atoms with Crippen LogP contribution in [0.1, 0.15) is 25.5 Å². The molecule has 17 heavy (non-hydrogen) atoms. The smallest absolute Gasteiger partial charge is 0.213 e. The summed E-state index contributed by atoms with van der Waals surface area (Å²) in [7, 11) is 1.62. The predicted octanol–water partition coefficient (Wildman–Crippen LogP) is 1.59. The van der Waals surface area contributed by atoms with Crippen molar-refractivity contribution in [2.75, 3.05) is 20.3 Å². The number of rotatable bonds is 8. The van der Waals surface area contributed by atoms with Crippen LogP contribution in [0.15, 0.2) is 18.2 Å². The Morgan fingerprint density at radius 3 is 3.00 bits per heavy atom. The third kappa shape index (κ3) is 5.65. The number of hydrogen-bond donors (Lipinski definition) is 2. The molecule has 0 radical (unpaired) electrons. The summed E-state index contributed by atoms with van der Waals surface area (Å²) >= 11 is 0. The molecule has 1 rings (SSSR count). The molecule has 0 aliphatic rings. The molecule has 1 aromatic rings. The summed E-state index contributed by atoms with van der Waals surface area (Å²) in [5.41, 5.74) is 0.986. The molecule has 96 valence electrons. The van der Waals surface area contributed by atoms with E-state index in [0.29, 0.717) is 11.8 Å². The van der Waals surface area contributed by atoms with Gasteiger partial charge in [-0.25, -0.2) is 4.98 Å². The van der Waals surface area contributed by atoms with Gasteiger partial charge in [0.05, 0.1) is 12.8 Å². The van der Waals surface area contributed by atoms with Crippen LogP contribution in [0.3, 0.4) is 0 Å². The normalized spacial score (nSPS) is 12.4. The molecule has 0 aromatic carbocycles. The second kappa shape index (κ2) is 8.03. The maximum Gasteiger partial charge on any atom is 0.213 e. The zero-order valence-electron chi connectivity index (χ0n) is 10.6. The van der Waals surface area contributed by atoms with Gasteiger partial charge < -0.3 is 15.2 Å². The third-order valence-corrected chi connectivity index (χ3v) is 2.66. The summed E-state index contributed by atoms with van der Waals surface area (Å²) in [5, 5.41) is 12.2. The van der Waals surface area contributed by atoms with Crippen molar-refractivity contribution in [3.05, 3.63) is 23.9 Å². The highest BCUT2D eigenvalue weighted by Crippen LogP contribution is 2.06. The Morgan fingerprint density at radius 1 is 1.47 bits per heavy atom. The summed E-state index contributed by atoms with van der Waals surface area (Å²) in [4.78, 5) is 4.32. The topological polar surface area (TPSA) is 54.4 Å². The van der Waals surface area contributed by atoms with E-state index in [1.165, 1.54) is 0 Å². The molecular formula is C13H22N2O2. The highest BCUT2D eigenvalue weighted by molar-refractivity contribution is 5.15. The molecule has 0 amide bonds. The van der Waals surface area contributed by atoms with E-state index in [2.05, 4.69) is 17.2 Å². The number of nitrogens with one attached hydrogen (secondary N) is 1. The predicted molar refractivity (Wildman–Crippen MR) is 68.0 cm³/mol. The Hall–Kier alpha value is -1.13. The lowest BCUT2D eigenvalue weighted by atomic mass is 10.1. The molecule has 2 N–H and O–H groups in total. The van der Waals surface area contributed by atoms with E-state index >= 15 is 0 Å². The fourth-order valence-corrected chi connectivity index (χ4v) is 1.55. The van der Waals surface area contributed by atoms with Gasteiger partial charge in [-0.15, -0.1) is 0 Å². The van der Waals surface area contributed by atoms with Crippen LogP contribution in [0, 0.1) is 5.92 Å². The first-order chi connectivity index (χ1) is 8.26. The minimum atomic E-state index is 0.275. The summed E-state index contributed by atoms with van der Waals surface area (Å²) in [5.74, 6) is 1.05. The lowest BCUT2D eigenvalue weighted by Gasteiger charge is -2.08. The van der Waals surface area contributed by atoms with Crippen molar-refractivity contribution < 1.29 is 9.84 Å². The minimum absolute atomic E-state index is 0.275. The fraction of sp³-hybridized carbons (Fsp3) is 0.615. The highest BCUT2D eigenvalue weighted by atomic mass is 16.5. The molecule has 1 unspecified atom stereocenters. The van der Waals surface area contributed by atoms with E-state index in [9.17, 15) is 0 Å². The molecule has 1 heterocycles. The van der Waals surface area contributed by atoms with Crippen LogP contribution in [-0.2, 0) is 6.54 Å². The SMILES string of the molecule is COc1cccc(CNCCCC(C)CO)n1. The van der Waals surface area contributed by atoms with Crippen molar-refractivity contribution in [1.82, 2.24) is 10.3 Å². The first-order valence-electron chi connectivity index (χ1n) is 6.07. The Labute approximate surface area is 103 Å². The molecule has 0 aliphatic heterocycles. The third-order valence-electron chi connectivity index (χ3n) is 2.66. The Morgan fingerprint density at radius 2 is 2.29 bits per heavy atom. The summed E-state index contributed by atoms with van der Waals surface area (Å²) in [6, 6.07) is 5.76. The van der Waals surface area contributed by atoms with Gasteiger partial charge in [-0.2, -0.15) is 0 Å². The van der Waals surface area contributed by atoms with Gasteiger partial charge in [0, 0.05) is 19.2 Å². The van der Waals surface area contributed by atoms with Crippen molar-refractivity contribution in [3.63, 3.8) is 0 Å². The highest BCUT2D eigenvalue weighted by Gasteiger charge is 2.00. The summed E-state index contributed by atoms with van der Waals surface area (Å²) < 4.78 is 5.06. The largest absolute Gasteiger partial charge is 0.481 e. The number of hydrogen-bond acceptors (Lipinski definition) is 4. The molecule has 0 spiro atoms. The Bertz CT molecular complexity index is 318. The van der Waals surface area contributed by atoms with Gasteiger partial charge in [-0.3, -0.25) is 0 Å². The molecule has 0 bridgehead atoms. The van der Waals surface area contributed by atoms with Crippen molar-refractivity contribution in [2.45, 2.75) is 26.3 Å². The zero-order chi connectivity index (χ0) is 12.5. The van der Waals surface area contributed by atoms with Crippen LogP contribution in [0.4, 0.5) is 0 Å². The molecule has 1 aromatic heterocycles. The van der Waals surface area contributed by atoms with Crippen LogP contribution in [0.5, 0.6) is 5.88 Å². The number of aliphatic hydroxyl groups is 1. The second-order valence-electron chi connectivity index (χ2n) is 4.28. The van der Waals surface area contributed by atoms with E-state index < -0.39 is 0 Å². The monoisotopic (exact) mass is 238 g/mol. The van der Waals surface area contributed by atoms with Gasteiger partial charge in [0.2, 0.25) is 5.88 Å². The van der Waals surface area contributed by atoms with E-state index in [1.54, 1.807) is 7.11 Å². The Balaban J connectivity index is 2.17. The molecule has 0 aliphatic carbocycles. The standard InChI is InChI=1S/C13H22N2O2/c1-11(10-16)5-4-8-14-9-12-6-3-7-13(15-12)17-2/h3,6-7,11,14,16H,4-5,8-10H2,1-2H3. The van der Waals surface area contributed by atoms with Gasteiger partial charge in [-0.1, -0.05) is 13.0 Å². The van der Waals surface area contributed by atoms with Gasteiger partial charge in [0.25, 0.3) is 0 Å². The maximum atomic E-state index is 8.88. The number of nitrogens with zero attached hydrogens (tertiary/aromatic N) is 1. The van der Waals surface area contributed by atoms with E-state index in [-0.39, 0.29) is 6.61 Å². The first-order valence-corrected chi connectivity index (χ1v) is 6.07. The van der Waals surface area contributed by atoms with Gasteiger partial charge >= 0.3 is 0 Å². The van der Waals surface area contributed by atoms with Crippen molar-refractivity contribution in [3.8, 4) is 5.88 Å². The quantitative estimate of drug-likeness (QED) is 0.675. The van der Waals surface area contributed by atoms with Gasteiger partial charge in [-0.05, 0) is 31.4 Å². The number of aliphatic hydroxyl groups excluding tert-OH is 1. The van der Waals surface area contributed by atoms with Crippen LogP contribution in [0.2, 0.25) is 0 Å². The molecule has 0 saturated heterocycles. The van der Waals surface area contributed by atoms with Crippen LogP contribution >= 0.6 is 0 Å². The summed E-state index contributed by atoms with van der Waals surface area (Å²) in [6.45, 7) is 4.04. The van der Waals surface area contributed by atoms with Gasteiger partial charge in [0.1, 0.15) is 0 Å². The number of ether oxygens (including phenoxy) is 1. The molecule has 0 saturated carbocycles. The van der Waals surface area contributed by atoms with Crippen LogP contribution in [0.25, 0.3) is 0 Å². The van der Waals surface area contributed by atoms with E-state index in [4.69, 9.17) is 9.84 Å². The van der Waals surface area contributed by atoms with Gasteiger partial charge in [0.15, 0.2) is 0 Å². The molecule has 4 nitrogen and oxygen atoms in total. The van der Waals surface area contributed by atoms with Crippen LogP contribution < -0.4 is 10.1 Å². The fourth-order valence-electron chi connectivity index (χ4n) is 1.55. The molecular weight excluding hydrogens is 216 g/mol. The minimum Gasteiger partial charge on any atom is -0.481 e. The lowest BCUT2D eigenvalue weighted by molar-refractivity contribution is 0.228. The van der Waals surface area contributed by atoms with Crippen LogP contribution in [-0.4, -0.2) is 30.4 Å². The maximum absolute atomic E-state index is 8.88. The first kappa shape index (κ1) is 13.9. The van der Waals surface area contributed by atoms with Crippen molar-refractivity contribution in [2.24, 2.45) is 5.92 Å². The second-order valence-corrected chi connectivity index (χ2v) is 4.28.